The molecule has 0 aliphatic carbocycles. The number of piperazine rings is 1. The molecule has 0 aromatic carbocycles. The quantitative estimate of drug-likeness (QED) is 0.772. The van der Waals surface area contributed by atoms with Crippen LogP contribution in [0.3, 0.4) is 0 Å². The van der Waals surface area contributed by atoms with Crippen LogP contribution in [0.25, 0.3) is 0 Å². The van der Waals surface area contributed by atoms with Gasteiger partial charge in [-0.05, 0) is 33.6 Å². The number of amides is 2. The van der Waals surface area contributed by atoms with Crippen LogP contribution in [0.2, 0.25) is 0 Å². The summed E-state index contributed by atoms with van der Waals surface area (Å²) >= 11 is 0. The summed E-state index contributed by atoms with van der Waals surface area (Å²) in [6.07, 6.45) is -5.41. The summed E-state index contributed by atoms with van der Waals surface area (Å²) in [6.45, 7) is 7.49. The second kappa shape index (κ2) is 7.27. The van der Waals surface area contributed by atoms with Crippen molar-refractivity contribution in [3.8, 4) is 0 Å². The minimum Gasteiger partial charge on any atom is -0.444 e. The molecule has 2 saturated heterocycles. The fraction of sp³-hybridized carbons (Fsp3) is 0.867. The Hall–Kier alpha value is -1.71. The van der Waals surface area contributed by atoms with Gasteiger partial charge in [-0.2, -0.15) is 0 Å². The predicted molar refractivity (Wildman–Crippen MR) is 81.9 cm³/mol. The highest BCUT2D eigenvalue weighted by atomic mass is 19.4. The van der Waals surface area contributed by atoms with Gasteiger partial charge in [-0.3, -0.25) is 4.90 Å². The summed E-state index contributed by atoms with van der Waals surface area (Å²) in [5, 5.41) is 2.07. The molecule has 7 nitrogen and oxygen atoms in total. The monoisotopic (exact) mass is 367 g/mol. The maximum Gasteiger partial charge on any atom is 0.576 e. The van der Waals surface area contributed by atoms with Crippen LogP contribution in [-0.4, -0.2) is 72.2 Å². The summed E-state index contributed by atoms with van der Waals surface area (Å²) in [7, 11) is 0. The summed E-state index contributed by atoms with van der Waals surface area (Å²) in [5.41, 5.74) is -0.532. The fourth-order valence-electron chi connectivity index (χ4n) is 3.18. The first-order valence-corrected chi connectivity index (χ1v) is 8.22. The third-order valence-electron chi connectivity index (χ3n) is 4.08. The number of carbonyl (C=O) groups is 2. The van der Waals surface area contributed by atoms with Gasteiger partial charge in [0.15, 0.2) is 0 Å². The van der Waals surface area contributed by atoms with Crippen molar-refractivity contribution < 1.29 is 32.2 Å². The van der Waals surface area contributed by atoms with Gasteiger partial charge in [-0.1, -0.05) is 0 Å². The molecule has 1 N–H and O–H groups in total. The Morgan fingerprint density at radius 1 is 1.12 bits per heavy atom. The Bertz CT molecular complexity index is 507. The average molecular weight is 367 g/mol. The van der Waals surface area contributed by atoms with Crippen molar-refractivity contribution >= 4 is 12.2 Å². The van der Waals surface area contributed by atoms with Gasteiger partial charge in [0.25, 0.3) is 0 Å². The maximum absolute atomic E-state index is 12.1. The summed E-state index contributed by atoms with van der Waals surface area (Å²) in [4.78, 5) is 27.0. The number of alkyl halides is 3. The fourth-order valence-corrected chi connectivity index (χ4v) is 3.18. The van der Waals surface area contributed by atoms with Crippen LogP contribution < -0.4 is 5.32 Å². The molecule has 2 aliphatic heterocycles. The average Bonchev–Trinajstić information content (AvgIpc) is 2.99. The molecule has 144 valence electrons. The lowest BCUT2D eigenvalue weighted by atomic mass is 10.2. The van der Waals surface area contributed by atoms with Gasteiger partial charge >= 0.3 is 18.5 Å². The number of nitrogens with zero attached hydrogens (tertiary/aromatic N) is 2. The second-order valence-electron chi connectivity index (χ2n) is 7.29. The van der Waals surface area contributed by atoms with Crippen molar-refractivity contribution in [3.05, 3.63) is 0 Å². The number of nitrogens with one attached hydrogen (secondary N) is 1. The Kier molecular flexibility index (Phi) is 5.70. The van der Waals surface area contributed by atoms with Gasteiger partial charge in [-0.25, -0.2) is 9.59 Å². The van der Waals surface area contributed by atoms with E-state index in [1.54, 1.807) is 4.90 Å². The molecule has 0 spiro atoms. The largest absolute Gasteiger partial charge is 0.576 e. The maximum atomic E-state index is 12.1. The van der Waals surface area contributed by atoms with Crippen LogP contribution in [0.1, 0.15) is 33.6 Å². The number of carbonyl (C=O) groups excluding carboxylic acids is 2. The van der Waals surface area contributed by atoms with Gasteiger partial charge in [0, 0.05) is 38.3 Å². The molecule has 2 atom stereocenters. The number of hydrogen-bond donors (Lipinski definition) is 1. The number of fused-ring (bicyclic) bond motifs is 2. The van der Waals surface area contributed by atoms with Gasteiger partial charge in [-0.15, -0.1) is 13.2 Å². The van der Waals surface area contributed by atoms with E-state index in [1.165, 1.54) is 0 Å². The van der Waals surface area contributed by atoms with Crippen LogP contribution in [-0.2, 0) is 9.47 Å². The van der Waals surface area contributed by atoms with Gasteiger partial charge in [0.2, 0.25) is 0 Å². The molecule has 2 rings (SSSR count). The minimum absolute atomic E-state index is 0.0958. The van der Waals surface area contributed by atoms with E-state index < -0.39 is 18.1 Å². The van der Waals surface area contributed by atoms with Crippen LogP contribution in [0.4, 0.5) is 22.8 Å². The third kappa shape index (κ3) is 5.94. The molecule has 2 bridgehead atoms. The zero-order valence-corrected chi connectivity index (χ0v) is 14.6. The van der Waals surface area contributed by atoms with Crippen LogP contribution in [0.5, 0.6) is 0 Å². The number of ether oxygens (including phenoxy) is 2. The zero-order valence-electron chi connectivity index (χ0n) is 14.6. The lowest BCUT2D eigenvalue weighted by Crippen LogP contribution is -2.50. The summed E-state index contributed by atoms with van der Waals surface area (Å²) < 4.78 is 44.1. The predicted octanol–water partition coefficient (Wildman–Crippen LogP) is 2.32. The summed E-state index contributed by atoms with van der Waals surface area (Å²) in [6, 6.07) is 0.322. The van der Waals surface area contributed by atoms with Gasteiger partial charge in [0.1, 0.15) is 5.60 Å². The first-order valence-electron chi connectivity index (χ1n) is 8.22. The molecular weight excluding hydrogens is 343 g/mol. The smallest absolute Gasteiger partial charge is 0.444 e. The number of alkyl carbamates (subject to hydrolysis) is 1. The highest BCUT2D eigenvalue weighted by Crippen LogP contribution is 2.31. The molecule has 0 saturated carbocycles. The van der Waals surface area contributed by atoms with E-state index >= 15 is 0 Å². The zero-order chi connectivity index (χ0) is 18.8. The number of halogens is 3. The lowest BCUT2D eigenvalue weighted by Gasteiger charge is -2.35. The molecule has 2 aliphatic rings. The highest BCUT2D eigenvalue weighted by Gasteiger charge is 2.46. The Morgan fingerprint density at radius 2 is 1.80 bits per heavy atom. The Morgan fingerprint density at radius 3 is 2.32 bits per heavy atom. The van der Waals surface area contributed by atoms with Crippen molar-refractivity contribution in [2.24, 2.45) is 0 Å². The minimum atomic E-state index is -4.97. The molecule has 2 amide bonds. The molecule has 0 aromatic rings. The molecule has 0 aromatic heterocycles. The van der Waals surface area contributed by atoms with Crippen LogP contribution >= 0.6 is 0 Å². The molecular formula is C15H24F3N3O4. The molecule has 0 unspecified atom stereocenters. The van der Waals surface area contributed by atoms with E-state index in [0.29, 0.717) is 26.1 Å². The van der Waals surface area contributed by atoms with E-state index in [2.05, 4.69) is 15.0 Å². The molecule has 2 heterocycles. The lowest BCUT2D eigenvalue weighted by molar-refractivity contribution is -0.291. The number of hydrogen-bond acceptors (Lipinski definition) is 5. The first kappa shape index (κ1) is 19.6. The molecule has 2 fully saturated rings. The van der Waals surface area contributed by atoms with E-state index in [-0.39, 0.29) is 24.7 Å². The highest BCUT2D eigenvalue weighted by molar-refractivity contribution is 5.69. The summed E-state index contributed by atoms with van der Waals surface area (Å²) in [5.74, 6) is 0. The van der Waals surface area contributed by atoms with Crippen molar-refractivity contribution in [2.45, 2.75) is 57.7 Å². The van der Waals surface area contributed by atoms with Gasteiger partial charge < -0.3 is 19.7 Å². The molecule has 25 heavy (non-hydrogen) atoms. The number of likely N-dealkylation sites (tertiary alicyclic amines) is 2. The molecule has 10 heteroatoms. The van der Waals surface area contributed by atoms with Crippen LogP contribution in [0.15, 0.2) is 0 Å². The van der Waals surface area contributed by atoms with Crippen molar-refractivity contribution in [2.75, 3.05) is 26.2 Å². The van der Waals surface area contributed by atoms with Gasteiger partial charge in [0.05, 0.1) is 0 Å². The third-order valence-corrected chi connectivity index (χ3v) is 4.08. The Labute approximate surface area is 144 Å². The Balaban J connectivity index is 1.66. The van der Waals surface area contributed by atoms with Crippen molar-refractivity contribution in [3.63, 3.8) is 0 Å². The normalized spacial score (nSPS) is 23.7. The van der Waals surface area contributed by atoms with Crippen molar-refractivity contribution in [1.29, 1.82) is 0 Å². The standard InChI is InChI=1S/C15H24F3N3O4/c1-14(2,3)25-13(23)21-9-10-7-11(21)8-20(10)6-4-5-19-12(22)24-15(16,17)18/h10-11H,4-9H2,1-3H3,(H,19,22)/t10-,11-/m0/s1. The van der Waals surface area contributed by atoms with E-state index in [9.17, 15) is 22.8 Å². The topological polar surface area (TPSA) is 71.1 Å². The van der Waals surface area contributed by atoms with E-state index in [4.69, 9.17) is 4.74 Å². The van der Waals surface area contributed by atoms with Crippen molar-refractivity contribution in [1.82, 2.24) is 15.1 Å². The van der Waals surface area contributed by atoms with Crippen LogP contribution in [0, 0.1) is 0 Å². The second-order valence-corrected chi connectivity index (χ2v) is 7.29. The SMILES string of the molecule is CC(C)(C)OC(=O)N1C[C@@H]2C[C@H]1CN2CCCNC(=O)OC(F)(F)F. The number of rotatable bonds is 4. The van der Waals surface area contributed by atoms with E-state index in [1.807, 2.05) is 20.8 Å². The first-order chi connectivity index (χ1) is 11.4. The van der Waals surface area contributed by atoms with E-state index in [0.717, 1.165) is 6.42 Å². The molecule has 0 radical (unpaired) electrons.